The van der Waals surface area contributed by atoms with Crippen LogP contribution in [-0.2, 0) is 19.1 Å². The fraction of sp³-hybridized carbons (Fsp3) is 0.667. The molecule has 0 aromatic heterocycles. The highest BCUT2D eigenvalue weighted by Crippen LogP contribution is 1.85. The summed E-state index contributed by atoms with van der Waals surface area (Å²) in [5.41, 5.74) is 5.14. The number of carbonyl (C=O) groups excluding carboxylic acids is 2. The maximum absolute atomic E-state index is 10.6. The van der Waals surface area contributed by atoms with Crippen molar-refractivity contribution in [2.45, 2.75) is 19.9 Å². The van der Waals surface area contributed by atoms with Gasteiger partial charge in [-0.2, -0.15) is 0 Å². The highest BCUT2D eigenvalue weighted by molar-refractivity contribution is 5.85. The summed E-state index contributed by atoms with van der Waals surface area (Å²) in [5, 5.41) is 0. The summed E-state index contributed by atoms with van der Waals surface area (Å²) in [6, 6.07) is -0.689. The van der Waals surface area contributed by atoms with Gasteiger partial charge in [0.05, 0.1) is 0 Å². The second-order valence-electron chi connectivity index (χ2n) is 2.01. The first-order valence-corrected chi connectivity index (χ1v) is 3.09. The van der Waals surface area contributed by atoms with Crippen molar-refractivity contribution < 1.29 is 19.1 Å². The molecule has 2 N–H and O–H groups in total. The van der Waals surface area contributed by atoms with Crippen molar-refractivity contribution in [3.8, 4) is 0 Å². The van der Waals surface area contributed by atoms with E-state index in [-0.39, 0.29) is 19.2 Å². The van der Waals surface area contributed by atoms with Gasteiger partial charge < -0.3 is 15.2 Å². The molecule has 0 heterocycles. The number of carbonyl (C=O) groups is 2. The van der Waals surface area contributed by atoms with Crippen LogP contribution in [0.25, 0.3) is 0 Å². The third-order valence-electron chi connectivity index (χ3n) is 0.835. The Kier molecular flexibility index (Phi) is 7.88. The fourth-order valence-corrected chi connectivity index (χ4v) is 0.302. The van der Waals surface area contributed by atoms with Gasteiger partial charge in [-0.05, 0) is 6.92 Å². The van der Waals surface area contributed by atoms with Gasteiger partial charge in [-0.15, -0.1) is 12.4 Å². The zero-order valence-corrected chi connectivity index (χ0v) is 7.72. The van der Waals surface area contributed by atoms with Gasteiger partial charge in [-0.1, -0.05) is 0 Å². The molecule has 0 bridgehead atoms. The average molecular weight is 198 g/mol. The van der Waals surface area contributed by atoms with Crippen LogP contribution < -0.4 is 5.73 Å². The van der Waals surface area contributed by atoms with Crippen LogP contribution in [0.4, 0.5) is 0 Å². The van der Waals surface area contributed by atoms with Crippen LogP contribution in [0.2, 0.25) is 0 Å². The molecule has 0 amide bonds. The zero-order chi connectivity index (χ0) is 8.85. The molecule has 0 aliphatic rings. The Morgan fingerprint density at radius 3 is 2.25 bits per heavy atom. The molecule has 0 unspecified atom stereocenters. The zero-order valence-electron chi connectivity index (χ0n) is 6.90. The summed E-state index contributed by atoms with van der Waals surface area (Å²) < 4.78 is 8.73. The second kappa shape index (κ2) is 6.87. The molecule has 0 aromatic carbocycles. The van der Waals surface area contributed by atoms with E-state index in [0.29, 0.717) is 0 Å². The maximum atomic E-state index is 10.6. The Hall–Kier alpha value is -0.810. The van der Waals surface area contributed by atoms with Crippen LogP contribution >= 0.6 is 12.4 Å². The van der Waals surface area contributed by atoms with E-state index in [4.69, 9.17) is 5.73 Å². The Labute approximate surface area is 76.6 Å². The molecule has 5 nitrogen and oxygen atoms in total. The van der Waals surface area contributed by atoms with Gasteiger partial charge in [0.2, 0.25) is 6.79 Å². The van der Waals surface area contributed by atoms with Gasteiger partial charge >= 0.3 is 11.9 Å². The van der Waals surface area contributed by atoms with E-state index in [9.17, 15) is 9.59 Å². The Bertz CT molecular complexity index is 160. The monoisotopic (exact) mass is 197 g/mol. The Morgan fingerprint density at radius 1 is 1.42 bits per heavy atom. The number of rotatable bonds is 3. The second-order valence-corrected chi connectivity index (χ2v) is 2.01. The lowest BCUT2D eigenvalue weighted by Gasteiger charge is -2.05. The SMILES string of the molecule is CC(=O)OCOC(=O)[C@H](C)N.Cl. The molecule has 0 saturated carbocycles. The highest BCUT2D eigenvalue weighted by atomic mass is 35.5. The van der Waals surface area contributed by atoms with Gasteiger partial charge in [0, 0.05) is 6.92 Å². The first-order valence-electron chi connectivity index (χ1n) is 3.09. The number of hydrogen-bond donors (Lipinski definition) is 1. The highest BCUT2D eigenvalue weighted by Gasteiger charge is 2.08. The quantitative estimate of drug-likeness (QED) is 0.502. The molecule has 0 aromatic rings. The van der Waals surface area contributed by atoms with Crippen molar-refractivity contribution in [2.24, 2.45) is 5.73 Å². The van der Waals surface area contributed by atoms with Crippen LogP contribution in [0.3, 0.4) is 0 Å². The molecule has 0 aliphatic heterocycles. The smallest absolute Gasteiger partial charge is 0.325 e. The van der Waals surface area contributed by atoms with Crippen molar-refractivity contribution in [1.82, 2.24) is 0 Å². The number of nitrogens with two attached hydrogens (primary N) is 1. The summed E-state index contributed by atoms with van der Waals surface area (Å²) in [4.78, 5) is 20.7. The van der Waals surface area contributed by atoms with E-state index in [1.807, 2.05) is 0 Å². The lowest BCUT2D eigenvalue weighted by atomic mass is 10.4. The fourth-order valence-electron chi connectivity index (χ4n) is 0.302. The van der Waals surface area contributed by atoms with Crippen LogP contribution in [0.5, 0.6) is 0 Å². The van der Waals surface area contributed by atoms with Crippen LogP contribution in [0.1, 0.15) is 13.8 Å². The molecule has 12 heavy (non-hydrogen) atoms. The molecule has 0 spiro atoms. The first kappa shape index (κ1) is 13.8. The van der Waals surface area contributed by atoms with Crippen molar-refractivity contribution in [1.29, 1.82) is 0 Å². The van der Waals surface area contributed by atoms with Gasteiger partial charge in [-0.25, -0.2) is 0 Å². The van der Waals surface area contributed by atoms with E-state index in [1.165, 1.54) is 13.8 Å². The van der Waals surface area contributed by atoms with Crippen molar-refractivity contribution in [3.05, 3.63) is 0 Å². The minimum Gasteiger partial charge on any atom is -0.428 e. The lowest BCUT2D eigenvalue weighted by molar-refractivity contribution is -0.166. The number of hydrogen-bond acceptors (Lipinski definition) is 5. The van der Waals surface area contributed by atoms with Gasteiger partial charge in [-0.3, -0.25) is 9.59 Å². The third-order valence-corrected chi connectivity index (χ3v) is 0.835. The third kappa shape index (κ3) is 7.30. The molecule has 72 valence electrons. The number of ether oxygens (including phenoxy) is 2. The molecule has 6 heteroatoms. The average Bonchev–Trinajstić information content (AvgIpc) is 1.86. The molecule has 0 aliphatic carbocycles. The summed E-state index contributed by atoms with van der Waals surface area (Å²) >= 11 is 0. The molecule has 0 saturated heterocycles. The lowest BCUT2D eigenvalue weighted by Crippen LogP contribution is -2.29. The first-order chi connectivity index (χ1) is 5.04. The molecule has 0 radical (unpaired) electrons. The summed E-state index contributed by atoms with van der Waals surface area (Å²) in [5.74, 6) is -1.09. The maximum Gasteiger partial charge on any atom is 0.325 e. The predicted molar refractivity (Wildman–Crippen MR) is 43.6 cm³/mol. The topological polar surface area (TPSA) is 78.6 Å². The van der Waals surface area contributed by atoms with Gasteiger partial charge in [0.25, 0.3) is 0 Å². The molecular formula is C6H12ClNO4. The normalized spacial score (nSPS) is 10.9. The summed E-state index contributed by atoms with van der Waals surface area (Å²) in [6.45, 7) is 2.34. The van der Waals surface area contributed by atoms with Crippen LogP contribution in [0, 0.1) is 0 Å². The van der Waals surface area contributed by atoms with E-state index in [0.717, 1.165) is 0 Å². The van der Waals surface area contributed by atoms with E-state index < -0.39 is 18.0 Å². The van der Waals surface area contributed by atoms with E-state index in [2.05, 4.69) is 9.47 Å². The molecule has 1 atom stereocenters. The van der Waals surface area contributed by atoms with Crippen molar-refractivity contribution in [3.63, 3.8) is 0 Å². The largest absolute Gasteiger partial charge is 0.428 e. The number of esters is 2. The van der Waals surface area contributed by atoms with Crippen LogP contribution in [0.15, 0.2) is 0 Å². The van der Waals surface area contributed by atoms with Crippen molar-refractivity contribution in [2.75, 3.05) is 6.79 Å². The molecule has 0 rings (SSSR count). The Balaban J connectivity index is 0. The van der Waals surface area contributed by atoms with Crippen LogP contribution in [-0.4, -0.2) is 24.8 Å². The molecular weight excluding hydrogens is 186 g/mol. The number of halogens is 1. The minimum atomic E-state index is -0.689. The minimum absolute atomic E-state index is 0. The van der Waals surface area contributed by atoms with E-state index >= 15 is 0 Å². The predicted octanol–water partition coefficient (Wildman–Crippen LogP) is -0.181. The van der Waals surface area contributed by atoms with Crippen molar-refractivity contribution >= 4 is 24.3 Å². The Morgan fingerprint density at radius 2 is 1.92 bits per heavy atom. The van der Waals surface area contributed by atoms with E-state index in [1.54, 1.807) is 0 Å². The van der Waals surface area contributed by atoms with Gasteiger partial charge in [0.15, 0.2) is 0 Å². The molecule has 0 fully saturated rings. The summed E-state index contributed by atoms with van der Waals surface area (Å²) in [7, 11) is 0. The van der Waals surface area contributed by atoms with Gasteiger partial charge in [0.1, 0.15) is 6.04 Å². The summed E-state index contributed by atoms with van der Waals surface area (Å²) in [6.07, 6.45) is 0. The standard InChI is InChI=1S/C6H11NO4.ClH/c1-4(7)6(9)11-3-10-5(2)8;/h4H,3,7H2,1-2H3;1H/t4-;/m0./s1.